The molecule has 102 valence electrons. The zero-order valence-corrected chi connectivity index (χ0v) is 12.0. The lowest BCUT2D eigenvalue weighted by molar-refractivity contribution is 0.0954. The van der Waals surface area contributed by atoms with Gasteiger partial charge in [0.25, 0.3) is 5.91 Å². The lowest BCUT2D eigenvalue weighted by Gasteiger charge is -2.02. The Bertz CT molecular complexity index is 653. The lowest BCUT2D eigenvalue weighted by Crippen LogP contribution is -2.22. The van der Waals surface area contributed by atoms with Crippen LogP contribution in [0.4, 0.5) is 0 Å². The fraction of sp³-hybridized carbons (Fsp3) is 0.200. The van der Waals surface area contributed by atoms with Crippen molar-refractivity contribution in [1.82, 2.24) is 10.3 Å². The van der Waals surface area contributed by atoms with Crippen molar-refractivity contribution in [3.8, 4) is 11.8 Å². The molecule has 4 nitrogen and oxygen atoms in total. The van der Waals surface area contributed by atoms with Crippen LogP contribution >= 0.6 is 11.3 Å². The summed E-state index contributed by atoms with van der Waals surface area (Å²) in [6, 6.07) is 7.46. The Morgan fingerprint density at radius 2 is 2.35 bits per heavy atom. The summed E-state index contributed by atoms with van der Waals surface area (Å²) in [4.78, 5) is 17.8. The number of amides is 1. The van der Waals surface area contributed by atoms with E-state index in [2.05, 4.69) is 22.1 Å². The number of carbonyl (C=O) groups is 1. The van der Waals surface area contributed by atoms with E-state index < -0.39 is 0 Å². The van der Waals surface area contributed by atoms with Gasteiger partial charge in [0, 0.05) is 6.20 Å². The van der Waals surface area contributed by atoms with Gasteiger partial charge in [0.15, 0.2) is 0 Å². The first kappa shape index (κ1) is 14.3. The number of nitrogens with one attached hydrogen (secondary N) is 1. The molecule has 0 aliphatic heterocycles. The van der Waals surface area contributed by atoms with Gasteiger partial charge < -0.3 is 11.1 Å². The first-order valence-electron chi connectivity index (χ1n) is 6.18. The van der Waals surface area contributed by atoms with Crippen LogP contribution in [-0.4, -0.2) is 17.4 Å². The van der Waals surface area contributed by atoms with E-state index in [1.54, 1.807) is 6.20 Å². The highest BCUT2D eigenvalue weighted by Gasteiger charge is 2.11. The van der Waals surface area contributed by atoms with Gasteiger partial charge >= 0.3 is 0 Å². The molecule has 2 heterocycles. The van der Waals surface area contributed by atoms with Gasteiger partial charge in [0.1, 0.15) is 0 Å². The lowest BCUT2D eigenvalue weighted by atomic mass is 10.2. The molecule has 0 atom stereocenters. The first-order valence-corrected chi connectivity index (χ1v) is 7.00. The van der Waals surface area contributed by atoms with Crippen molar-refractivity contribution in [2.75, 3.05) is 6.54 Å². The largest absolute Gasteiger partial charge is 0.346 e. The van der Waals surface area contributed by atoms with Crippen molar-refractivity contribution < 1.29 is 4.79 Å². The van der Waals surface area contributed by atoms with Gasteiger partial charge in [0.2, 0.25) is 0 Å². The Morgan fingerprint density at radius 3 is 3.05 bits per heavy atom. The van der Waals surface area contributed by atoms with E-state index in [1.807, 2.05) is 31.2 Å². The molecule has 2 aromatic rings. The Morgan fingerprint density at radius 1 is 1.50 bits per heavy atom. The van der Waals surface area contributed by atoms with Gasteiger partial charge in [-0.3, -0.25) is 9.78 Å². The molecule has 0 bridgehead atoms. The average molecular weight is 285 g/mol. The van der Waals surface area contributed by atoms with E-state index in [-0.39, 0.29) is 5.91 Å². The van der Waals surface area contributed by atoms with Crippen molar-refractivity contribution in [2.24, 2.45) is 5.73 Å². The zero-order valence-electron chi connectivity index (χ0n) is 11.1. The molecule has 0 saturated carbocycles. The summed E-state index contributed by atoms with van der Waals surface area (Å²) < 4.78 is 0. The van der Waals surface area contributed by atoms with E-state index in [4.69, 9.17) is 5.73 Å². The fourth-order valence-corrected chi connectivity index (χ4v) is 2.57. The van der Waals surface area contributed by atoms with Crippen molar-refractivity contribution in [1.29, 1.82) is 0 Å². The predicted molar refractivity (Wildman–Crippen MR) is 80.4 cm³/mol. The van der Waals surface area contributed by atoms with Crippen molar-refractivity contribution in [3.63, 3.8) is 0 Å². The minimum absolute atomic E-state index is 0.107. The molecule has 0 fully saturated rings. The van der Waals surface area contributed by atoms with E-state index in [1.165, 1.54) is 11.3 Å². The molecule has 2 aromatic heterocycles. The molecule has 3 N–H and O–H groups in total. The van der Waals surface area contributed by atoms with Crippen LogP contribution < -0.4 is 11.1 Å². The summed E-state index contributed by atoms with van der Waals surface area (Å²) >= 11 is 1.38. The van der Waals surface area contributed by atoms with Crippen LogP contribution in [0.1, 0.15) is 25.8 Å². The molecule has 2 rings (SSSR count). The van der Waals surface area contributed by atoms with Crippen LogP contribution in [0, 0.1) is 18.8 Å². The Labute approximate surface area is 122 Å². The number of carbonyl (C=O) groups excluding carboxylic acids is 1. The van der Waals surface area contributed by atoms with Crippen LogP contribution in [-0.2, 0) is 6.54 Å². The van der Waals surface area contributed by atoms with Crippen molar-refractivity contribution >= 4 is 17.2 Å². The van der Waals surface area contributed by atoms with Crippen LogP contribution in [0.25, 0.3) is 0 Å². The maximum absolute atomic E-state index is 12.1. The SMILES string of the molecule is Cc1cc(C(=O)NCc2ccccn2)sc1C#CCN. The van der Waals surface area contributed by atoms with E-state index >= 15 is 0 Å². The summed E-state index contributed by atoms with van der Waals surface area (Å²) in [5.74, 6) is 5.67. The third-order valence-corrected chi connectivity index (χ3v) is 3.75. The second-order valence-electron chi connectivity index (χ2n) is 4.13. The second kappa shape index (κ2) is 6.85. The number of nitrogens with zero attached hydrogens (tertiary/aromatic N) is 1. The topological polar surface area (TPSA) is 68.0 Å². The van der Waals surface area contributed by atoms with Gasteiger partial charge in [-0.2, -0.15) is 0 Å². The van der Waals surface area contributed by atoms with Gasteiger partial charge in [0.05, 0.1) is 28.5 Å². The van der Waals surface area contributed by atoms with E-state index in [0.29, 0.717) is 18.0 Å². The Kier molecular flexibility index (Phi) is 4.88. The second-order valence-corrected chi connectivity index (χ2v) is 5.18. The minimum Gasteiger partial charge on any atom is -0.346 e. The Hall–Kier alpha value is -2.16. The standard InChI is InChI=1S/C15H15N3OS/c1-11-9-14(20-13(11)6-4-7-16)15(19)18-10-12-5-2-3-8-17-12/h2-3,5,8-9H,7,10,16H2,1H3,(H,18,19). The number of pyridine rings is 1. The molecular weight excluding hydrogens is 270 g/mol. The highest BCUT2D eigenvalue weighted by atomic mass is 32.1. The number of nitrogens with two attached hydrogens (primary N) is 1. The fourth-order valence-electron chi connectivity index (χ4n) is 1.61. The van der Waals surface area contributed by atoms with Gasteiger partial charge in [-0.25, -0.2) is 0 Å². The van der Waals surface area contributed by atoms with Crippen LogP contribution in [0.2, 0.25) is 0 Å². The third-order valence-electron chi connectivity index (χ3n) is 2.60. The van der Waals surface area contributed by atoms with Crippen LogP contribution in [0.5, 0.6) is 0 Å². The zero-order chi connectivity index (χ0) is 14.4. The van der Waals surface area contributed by atoms with Gasteiger partial charge in [-0.05, 0) is 30.7 Å². The molecule has 0 saturated heterocycles. The van der Waals surface area contributed by atoms with Gasteiger partial charge in [-0.1, -0.05) is 17.9 Å². The highest BCUT2D eigenvalue weighted by molar-refractivity contribution is 7.14. The van der Waals surface area contributed by atoms with Gasteiger partial charge in [-0.15, -0.1) is 11.3 Å². The van der Waals surface area contributed by atoms with E-state index in [0.717, 1.165) is 16.1 Å². The summed E-state index contributed by atoms with van der Waals surface area (Å²) in [5.41, 5.74) is 7.18. The third kappa shape index (κ3) is 3.67. The first-order chi connectivity index (χ1) is 9.70. The summed E-state index contributed by atoms with van der Waals surface area (Å²) in [7, 11) is 0. The van der Waals surface area contributed by atoms with Crippen LogP contribution in [0.15, 0.2) is 30.5 Å². The van der Waals surface area contributed by atoms with Crippen molar-refractivity contribution in [3.05, 3.63) is 51.5 Å². The maximum atomic E-state index is 12.1. The molecule has 20 heavy (non-hydrogen) atoms. The monoisotopic (exact) mass is 285 g/mol. The molecular formula is C15H15N3OS. The molecule has 0 aliphatic carbocycles. The maximum Gasteiger partial charge on any atom is 0.261 e. The van der Waals surface area contributed by atoms with E-state index in [9.17, 15) is 4.79 Å². The number of hydrogen-bond donors (Lipinski definition) is 2. The average Bonchev–Trinajstić information content (AvgIpc) is 2.85. The minimum atomic E-state index is -0.107. The summed E-state index contributed by atoms with van der Waals surface area (Å²) in [5, 5.41) is 2.85. The number of aromatic nitrogens is 1. The molecule has 0 aliphatic rings. The summed E-state index contributed by atoms with van der Waals surface area (Å²) in [6.07, 6.45) is 1.71. The number of rotatable bonds is 3. The number of aryl methyl sites for hydroxylation is 1. The smallest absolute Gasteiger partial charge is 0.261 e. The highest BCUT2D eigenvalue weighted by Crippen LogP contribution is 2.20. The molecule has 1 amide bonds. The number of hydrogen-bond acceptors (Lipinski definition) is 4. The molecule has 5 heteroatoms. The normalized spacial score (nSPS) is 9.70. The Balaban J connectivity index is 2.03. The van der Waals surface area contributed by atoms with Crippen molar-refractivity contribution in [2.45, 2.75) is 13.5 Å². The molecule has 0 aromatic carbocycles. The summed E-state index contributed by atoms with van der Waals surface area (Å²) in [6.45, 7) is 2.67. The number of thiophene rings is 1. The molecule has 0 spiro atoms. The van der Waals surface area contributed by atoms with Crippen LogP contribution in [0.3, 0.4) is 0 Å². The predicted octanol–water partition coefficient (Wildman–Crippen LogP) is 1.69. The quantitative estimate of drug-likeness (QED) is 0.843. The molecule has 0 unspecified atom stereocenters. The molecule has 0 radical (unpaired) electrons.